The molecule has 2 N–H and O–H groups in total. The summed E-state index contributed by atoms with van der Waals surface area (Å²) in [5.41, 5.74) is 1.08. The van der Waals surface area contributed by atoms with Crippen molar-refractivity contribution in [2.45, 2.75) is 19.8 Å². The smallest absolute Gasteiger partial charge is 0.272 e. The van der Waals surface area contributed by atoms with Gasteiger partial charge in [-0.05, 0) is 21.8 Å². The molecule has 0 atom stereocenters. The molecule has 0 aliphatic heterocycles. The van der Waals surface area contributed by atoms with Gasteiger partial charge in [-0.3, -0.25) is 9.89 Å². The number of H-pyrrole nitrogens is 1. The third-order valence-electron chi connectivity index (χ3n) is 2.28. The second-order valence-electron chi connectivity index (χ2n) is 4.34. The van der Waals surface area contributed by atoms with E-state index >= 15 is 0 Å². The van der Waals surface area contributed by atoms with E-state index in [1.54, 1.807) is 0 Å². The molecule has 0 saturated heterocycles. The van der Waals surface area contributed by atoms with Crippen LogP contribution < -0.4 is 5.32 Å². The molecule has 18 heavy (non-hydrogen) atoms. The number of carbonyl (C=O) groups excluding carboxylic acids is 1. The van der Waals surface area contributed by atoms with Crippen LogP contribution in [0.2, 0.25) is 0 Å². The van der Waals surface area contributed by atoms with Crippen molar-refractivity contribution in [1.82, 2.24) is 15.5 Å². The first-order valence-electron chi connectivity index (χ1n) is 5.42. The fourth-order valence-electron chi connectivity index (χ4n) is 1.31. The van der Waals surface area contributed by atoms with Gasteiger partial charge in [-0.2, -0.15) is 5.10 Å². The van der Waals surface area contributed by atoms with E-state index < -0.39 is 15.7 Å². The zero-order valence-electron chi connectivity index (χ0n) is 10.4. The van der Waals surface area contributed by atoms with E-state index in [4.69, 9.17) is 0 Å². The Morgan fingerprint density at radius 1 is 1.50 bits per heavy atom. The summed E-state index contributed by atoms with van der Waals surface area (Å²) in [6.07, 6.45) is 1.13. The zero-order valence-corrected chi connectivity index (χ0v) is 12.9. The highest BCUT2D eigenvalue weighted by Crippen LogP contribution is 2.25. The van der Waals surface area contributed by atoms with Gasteiger partial charge in [0, 0.05) is 12.8 Å². The SMILES string of the molecule is CC(C)c1[nH]nc(C(=O)NCCS(C)(=O)=O)c1Br. The molecule has 0 bridgehead atoms. The molecule has 0 saturated carbocycles. The Hall–Kier alpha value is -0.890. The van der Waals surface area contributed by atoms with Gasteiger partial charge in [0.1, 0.15) is 9.84 Å². The number of sulfone groups is 1. The van der Waals surface area contributed by atoms with E-state index in [1.165, 1.54) is 0 Å². The van der Waals surface area contributed by atoms with E-state index in [0.717, 1.165) is 11.9 Å². The largest absolute Gasteiger partial charge is 0.350 e. The molecule has 1 rings (SSSR count). The molecule has 8 heteroatoms. The van der Waals surface area contributed by atoms with Gasteiger partial charge in [0.05, 0.1) is 15.9 Å². The Kier molecular flexibility index (Phi) is 4.92. The summed E-state index contributed by atoms with van der Waals surface area (Å²) in [5, 5.41) is 9.22. The molecule has 0 unspecified atom stereocenters. The summed E-state index contributed by atoms with van der Waals surface area (Å²) in [6, 6.07) is 0. The minimum atomic E-state index is -3.07. The first-order chi connectivity index (χ1) is 8.22. The van der Waals surface area contributed by atoms with Gasteiger partial charge in [0.25, 0.3) is 5.91 Å². The van der Waals surface area contributed by atoms with E-state index in [-0.39, 0.29) is 23.9 Å². The van der Waals surface area contributed by atoms with E-state index in [9.17, 15) is 13.2 Å². The monoisotopic (exact) mass is 337 g/mol. The van der Waals surface area contributed by atoms with Crippen molar-refractivity contribution in [3.63, 3.8) is 0 Å². The molecule has 1 aromatic rings. The van der Waals surface area contributed by atoms with E-state index in [2.05, 4.69) is 31.4 Å². The molecular formula is C10H16BrN3O3S. The van der Waals surface area contributed by atoms with Crippen molar-refractivity contribution in [3.8, 4) is 0 Å². The highest BCUT2D eigenvalue weighted by atomic mass is 79.9. The lowest BCUT2D eigenvalue weighted by Crippen LogP contribution is -2.29. The van der Waals surface area contributed by atoms with Gasteiger partial charge in [-0.1, -0.05) is 13.8 Å². The molecule has 102 valence electrons. The number of nitrogens with one attached hydrogen (secondary N) is 2. The fourth-order valence-corrected chi connectivity index (χ4v) is 2.60. The minimum Gasteiger partial charge on any atom is -0.350 e. The highest BCUT2D eigenvalue weighted by molar-refractivity contribution is 9.10. The lowest BCUT2D eigenvalue weighted by Gasteiger charge is -2.03. The lowest BCUT2D eigenvalue weighted by molar-refractivity contribution is 0.0950. The highest BCUT2D eigenvalue weighted by Gasteiger charge is 2.19. The molecule has 0 fully saturated rings. The summed E-state index contributed by atoms with van der Waals surface area (Å²) in [7, 11) is -3.07. The van der Waals surface area contributed by atoms with Crippen molar-refractivity contribution in [2.75, 3.05) is 18.6 Å². The predicted octanol–water partition coefficient (Wildman–Crippen LogP) is 1.07. The van der Waals surface area contributed by atoms with Gasteiger partial charge in [0.15, 0.2) is 5.69 Å². The summed E-state index contributed by atoms with van der Waals surface area (Å²) < 4.78 is 22.5. The topological polar surface area (TPSA) is 91.9 Å². The first kappa shape index (κ1) is 15.2. The van der Waals surface area contributed by atoms with Gasteiger partial charge in [0.2, 0.25) is 0 Å². The zero-order chi connectivity index (χ0) is 13.9. The van der Waals surface area contributed by atoms with E-state index in [1.807, 2.05) is 13.8 Å². The number of hydrogen-bond donors (Lipinski definition) is 2. The van der Waals surface area contributed by atoms with Crippen molar-refractivity contribution in [1.29, 1.82) is 0 Å². The van der Waals surface area contributed by atoms with Crippen LogP contribution >= 0.6 is 15.9 Å². The first-order valence-corrected chi connectivity index (χ1v) is 8.27. The Morgan fingerprint density at radius 3 is 2.56 bits per heavy atom. The summed E-state index contributed by atoms with van der Waals surface area (Å²) in [6.45, 7) is 4.03. The summed E-state index contributed by atoms with van der Waals surface area (Å²) >= 11 is 3.31. The number of halogens is 1. The molecule has 6 nitrogen and oxygen atoms in total. The average molecular weight is 338 g/mol. The van der Waals surface area contributed by atoms with Crippen LogP contribution in [0, 0.1) is 0 Å². The summed E-state index contributed by atoms with van der Waals surface area (Å²) in [5.74, 6) is -0.268. The fraction of sp³-hybridized carbons (Fsp3) is 0.600. The molecule has 0 spiro atoms. The standard InChI is InChI=1S/C10H16BrN3O3S/c1-6(2)8-7(11)9(14-13-8)10(15)12-4-5-18(3,16)17/h6H,4-5H2,1-3H3,(H,12,15)(H,13,14). The Balaban J connectivity index is 2.68. The van der Waals surface area contributed by atoms with Crippen LogP contribution in [0.25, 0.3) is 0 Å². The van der Waals surface area contributed by atoms with E-state index in [0.29, 0.717) is 4.47 Å². The van der Waals surface area contributed by atoms with Crippen LogP contribution in [0.5, 0.6) is 0 Å². The van der Waals surface area contributed by atoms with Crippen LogP contribution in [-0.2, 0) is 9.84 Å². The van der Waals surface area contributed by atoms with Crippen molar-refractivity contribution < 1.29 is 13.2 Å². The molecule has 0 aromatic carbocycles. The Labute approximate surface area is 115 Å². The maximum Gasteiger partial charge on any atom is 0.272 e. The number of amides is 1. The Morgan fingerprint density at radius 2 is 2.11 bits per heavy atom. The van der Waals surface area contributed by atoms with Gasteiger partial charge >= 0.3 is 0 Å². The number of nitrogens with zero attached hydrogens (tertiary/aromatic N) is 1. The number of aromatic amines is 1. The molecule has 1 heterocycles. The van der Waals surface area contributed by atoms with Crippen LogP contribution in [0.4, 0.5) is 0 Å². The van der Waals surface area contributed by atoms with Gasteiger partial charge in [-0.25, -0.2) is 8.42 Å². The maximum atomic E-state index is 11.8. The quantitative estimate of drug-likeness (QED) is 0.840. The van der Waals surface area contributed by atoms with Crippen molar-refractivity contribution >= 4 is 31.7 Å². The average Bonchev–Trinajstić information content (AvgIpc) is 2.57. The number of hydrogen-bond acceptors (Lipinski definition) is 4. The van der Waals surface area contributed by atoms with Gasteiger partial charge in [-0.15, -0.1) is 0 Å². The Bertz CT molecular complexity index is 537. The van der Waals surface area contributed by atoms with Crippen LogP contribution in [0.3, 0.4) is 0 Å². The second kappa shape index (κ2) is 5.83. The molecule has 1 aromatic heterocycles. The second-order valence-corrected chi connectivity index (χ2v) is 7.39. The predicted molar refractivity (Wildman–Crippen MR) is 72.4 cm³/mol. The summed E-state index contributed by atoms with van der Waals surface area (Å²) in [4.78, 5) is 11.8. The molecule has 0 aliphatic rings. The maximum absolute atomic E-state index is 11.8. The van der Waals surface area contributed by atoms with Crippen LogP contribution in [-0.4, -0.2) is 43.1 Å². The van der Waals surface area contributed by atoms with Crippen molar-refractivity contribution in [2.24, 2.45) is 0 Å². The lowest BCUT2D eigenvalue weighted by atomic mass is 10.1. The van der Waals surface area contributed by atoms with Crippen LogP contribution in [0.1, 0.15) is 35.9 Å². The van der Waals surface area contributed by atoms with Crippen LogP contribution in [0.15, 0.2) is 4.47 Å². The van der Waals surface area contributed by atoms with Crippen molar-refractivity contribution in [3.05, 3.63) is 15.9 Å². The minimum absolute atomic E-state index is 0.0774. The molecule has 1 amide bonds. The molecular weight excluding hydrogens is 322 g/mol. The third-order valence-corrected chi connectivity index (χ3v) is 4.03. The third kappa shape index (κ3) is 4.09. The molecule has 0 radical (unpaired) electrons. The number of aromatic nitrogens is 2. The normalized spacial score (nSPS) is 11.8. The number of carbonyl (C=O) groups is 1. The van der Waals surface area contributed by atoms with Gasteiger partial charge < -0.3 is 5.32 Å². The molecule has 0 aliphatic carbocycles. The number of rotatable bonds is 5.